The highest BCUT2D eigenvalue weighted by atomic mass is 35.7. The Morgan fingerprint density at radius 3 is 1.32 bits per heavy atom. The summed E-state index contributed by atoms with van der Waals surface area (Å²) in [6.07, 6.45) is 0.542. The summed E-state index contributed by atoms with van der Waals surface area (Å²) in [5.41, 5.74) is 1.28. The van der Waals surface area contributed by atoms with E-state index in [0.717, 1.165) is 16.2 Å². The van der Waals surface area contributed by atoms with Crippen molar-refractivity contribution < 1.29 is 33.4 Å². The minimum atomic E-state index is -4.94. The van der Waals surface area contributed by atoms with Gasteiger partial charge >= 0.3 is 0 Å². The van der Waals surface area contributed by atoms with Gasteiger partial charge < -0.3 is 4.57 Å². The minimum Gasteiger partial charge on any atom is -0.313 e. The zero-order valence-corrected chi connectivity index (χ0v) is 22.9. The van der Waals surface area contributed by atoms with Gasteiger partial charge in [0.05, 0.1) is 0 Å². The average Bonchev–Trinajstić information content (AvgIpc) is 2.72. The highest BCUT2D eigenvalue weighted by Crippen LogP contribution is 2.48. The summed E-state index contributed by atoms with van der Waals surface area (Å²) in [5, 5.41) is 1.85. The molecule has 0 aliphatic rings. The van der Waals surface area contributed by atoms with Crippen LogP contribution in [0, 0.1) is 10.2 Å². The van der Waals surface area contributed by atoms with Crippen LogP contribution < -0.4 is 29.2 Å². The molecule has 3 rings (SSSR count). The zero-order valence-electron chi connectivity index (χ0n) is 20.4. The van der Waals surface area contributed by atoms with Crippen LogP contribution in [0.5, 0.6) is 0 Å². The smallest absolute Gasteiger partial charge is 0.219 e. The number of rotatable bonds is 4. The normalized spacial score (nSPS) is 12.6. The molecule has 3 aromatic rings. The van der Waals surface area contributed by atoms with Crippen LogP contribution >= 0.6 is 18.5 Å². The van der Waals surface area contributed by atoms with Crippen molar-refractivity contribution in [3.05, 3.63) is 88.1 Å². The largest absolute Gasteiger partial charge is 0.313 e. The SMILES string of the molecule is CC(C)(C)c1cc(CP(=O)(c2ccccc2)c2ccccc2)cc(C(C)(C)C)[s+]1.[O-][Cl+3]([O-])([O-])[O-]. The standard InChI is InChI=1S/C26H32OPS.ClHO4/c1-25(2,3)23-17-20(18-24(29-23)26(4,5)6)19-28(27,21-13-9-7-10-14-21)22-15-11-8-12-16-22;2-1(3,4)5/h7-18H,19H2,1-6H3;(H,2,3,4,5)/q+1;/p-1. The van der Waals surface area contributed by atoms with Gasteiger partial charge in [-0.05, 0) is 5.56 Å². The maximum absolute atomic E-state index is 14.5. The molecular formula is C26H32ClO5PS. The summed E-state index contributed by atoms with van der Waals surface area (Å²) in [7, 11) is -7.73. The van der Waals surface area contributed by atoms with Crippen molar-refractivity contribution in [2.75, 3.05) is 0 Å². The van der Waals surface area contributed by atoms with E-state index in [1.54, 1.807) is 0 Å². The maximum Gasteiger partial charge on any atom is 0.219 e. The first kappa shape index (κ1) is 28.6. The van der Waals surface area contributed by atoms with E-state index in [9.17, 15) is 4.57 Å². The van der Waals surface area contributed by atoms with Crippen LogP contribution in [0.1, 0.15) is 56.9 Å². The van der Waals surface area contributed by atoms with Crippen molar-refractivity contribution in [1.29, 1.82) is 0 Å². The average molecular weight is 523 g/mol. The number of hydrogen-bond acceptors (Lipinski definition) is 5. The third kappa shape index (κ3) is 8.54. The van der Waals surface area contributed by atoms with E-state index in [0.29, 0.717) is 6.16 Å². The van der Waals surface area contributed by atoms with Crippen molar-refractivity contribution in [2.24, 2.45) is 0 Å². The molecule has 34 heavy (non-hydrogen) atoms. The van der Waals surface area contributed by atoms with E-state index in [-0.39, 0.29) is 10.8 Å². The Morgan fingerprint density at radius 2 is 1.03 bits per heavy atom. The molecule has 0 fully saturated rings. The molecule has 184 valence electrons. The molecule has 2 aromatic carbocycles. The Balaban J connectivity index is 0.000000739. The first-order chi connectivity index (χ1) is 15.5. The molecule has 0 spiro atoms. The van der Waals surface area contributed by atoms with Crippen molar-refractivity contribution >= 4 is 29.1 Å². The van der Waals surface area contributed by atoms with Gasteiger partial charge in [-0.1, -0.05) is 102 Å². The second-order valence-electron chi connectivity index (χ2n) is 10.1. The second-order valence-corrected chi connectivity index (χ2v) is 14.8. The third-order valence-electron chi connectivity index (χ3n) is 5.08. The van der Waals surface area contributed by atoms with Crippen molar-refractivity contribution in [2.45, 2.75) is 58.5 Å². The van der Waals surface area contributed by atoms with E-state index in [1.807, 2.05) is 72.0 Å². The number of benzene rings is 2. The van der Waals surface area contributed by atoms with Crippen LogP contribution in [0.15, 0.2) is 72.8 Å². The lowest BCUT2D eigenvalue weighted by Gasteiger charge is -2.21. The van der Waals surface area contributed by atoms with Gasteiger partial charge in [-0.25, -0.2) is 18.6 Å². The summed E-state index contributed by atoms with van der Waals surface area (Å²) in [5.74, 6) is 0. The first-order valence-corrected chi connectivity index (χ1v) is 14.7. The fourth-order valence-electron chi connectivity index (χ4n) is 3.31. The highest BCUT2D eigenvalue weighted by Gasteiger charge is 2.34. The van der Waals surface area contributed by atoms with Crippen LogP contribution in [0.2, 0.25) is 0 Å². The topological polar surface area (TPSA) is 109 Å². The fraction of sp³-hybridized carbons (Fsp3) is 0.346. The van der Waals surface area contributed by atoms with E-state index in [2.05, 4.69) is 53.7 Å². The van der Waals surface area contributed by atoms with Crippen molar-refractivity contribution in [3.8, 4) is 0 Å². The Kier molecular flexibility index (Phi) is 9.22. The lowest BCUT2D eigenvalue weighted by atomic mass is 9.92. The van der Waals surface area contributed by atoms with Gasteiger partial charge in [0.1, 0.15) is 7.14 Å². The van der Waals surface area contributed by atoms with E-state index < -0.39 is 17.4 Å². The maximum atomic E-state index is 14.5. The van der Waals surface area contributed by atoms with Crippen LogP contribution in [0.3, 0.4) is 0 Å². The molecule has 0 unspecified atom stereocenters. The summed E-state index contributed by atoms with van der Waals surface area (Å²) in [4.78, 5) is 2.68. The molecule has 0 bridgehead atoms. The molecule has 0 atom stereocenters. The Bertz CT molecular complexity index is 1040. The van der Waals surface area contributed by atoms with Crippen molar-refractivity contribution in [3.63, 3.8) is 0 Å². The van der Waals surface area contributed by atoms with E-state index in [1.165, 1.54) is 9.75 Å². The Labute approximate surface area is 208 Å². The lowest BCUT2D eigenvalue weighted by molar-refractivity contribution is -2.00. The van der Waals surface area contributed by atoms with Gasteiger partial charge in [0.15, 0.2) is 0 Å². The van der Waals surface area contributed by atoms with Gasteiger partial charge in [0.25, 0.3) is 0 Å². The molecule has 0 saturated carbocycles. The first-order valence-electron chi connectivity index (χ1n) is 10.8. The summed E-state index contributed by atoms with van der Waals surface area (Å²) in [6.45, 7) is 13.5. The number of halogens is 1. The molecule has 0 aliphatic heterocycles. The van der Waals surface area contributed by atoms with Gasteiger partial charge in [-0.2, -0.15) is 0 Å². The van der Waals surface area contributed by atoms with Gasteiger partial charge in [-0.3, -0.25) is 0 Å². The molecule has 1 heterocycles. The molecule has 0 saturated heterocycles. The lowest BCUT2D eigenvalue weighted by Crippen LogP contribution is -2.68. The predicted octanol–water partition coefficient (Wildman–Crippen LogP) is 2.38. The Morgan fingerprint density at radius 1 is 0.706 bits per heavy atom. The molecule has 0 amide bonds. The van der Waals surface area contributed by atoms with Crippen LogP contribution in [0.25, 0.3) is 0 Å². The van der Waals surface area contributed by atoms with E-state index in [4.69, 9.17) is 18.6 Å². The number of hydrogen-bond donors (Lipinski definition) is 0. The zero-order chi connectivity index (χ0) is 25.8. The minimum absolute atomic E-state index is 0.0597. The molecule has 5 nitrogen and oxygen atoms in total. The second kappa shape index (κ2) is 11.0. The molecule has 8 heteroatoms. The fourth-order valence-corrected chi connectivity index (χ4v) is 7.25. The molecular weight excluding hydrogens is 491 g/mol. The summed E-state index contributed by atoms with van der Waals surface area (Å²) in [6, 6.07) is 24.5. The highest BCUT2D eigenvalue weighted by molar-refractivity contribution is 7.78. The van der Waals surface area contributed by atoms with Crippen molar-refractivity contribution in [1.82, 2.24) is 0 Å². The summed E-state index contributed by atoms with van der Waals surface area (Å²) >= 11 is 1.88. The third-order valence-corrected chi connectivity index (χ3v) is 10.1. The van der Waals surface area contributed by atoms with Gasteiger partial charge in [0.2, 0.25) is 21.1 Å². The molecule has 0 N–H and O–H groups in total. The molecule has 1 aromatic heterocycles. The van der Waals surface area contributed by atoms with E-state index >= 15 is 0 Å². The monoisotopic (exact) mass is 522 g/mol. The van der Waals surface area contributed by atoms with Gasteiger partial charge in [-0.15, -0.1) is 10.2 Å². The van der Waals surface area contributed by atoms with Crippen LogP contribution in [-0.4, -0.2) is 0 Å². The Hall–Kier alpha value is -1.63. The van der Waals surface area contributed by atoms with Crippen LogP contribution in [0.4, 0.5) is 0 Å². The predicted molar refractivity (Wildman–Crippen MR) is 130 cm³/mol. The molecule has 0 radical (unpaired) electrons. The van der Waals surface area contributed by atoms with Gasteiger partial charge in [0, 0.05) is 39.7 Å². The quantitative estimate of drug-likeness (QED) is 0.386. The summed E-state index contributed by atoms with van der Waals surface area (Å²) < 4.78 is 48.5. The van der Waals surface area contributed by atoms with Crippen LogP contribution in [-0.2, 0) is 21.6 Å². The molecule has 0 aliphatic carbocycles.